The highest BCUT2D eigenvalue weighted by atomic mass is 79.9. The molecule has 2 aliphatic rings. The molecule has 0 aromatic heterocycles. The third-order valence-electron chi connectivity index (χ3n) is 5.40. The molecule has 2 aromatic carbocycles. The van der Waals surface area contributed by atoms with Gasteiger partial charge in [0.1, 0.15) is 0 Å². The van der Waals surface area contributed by atoms with E-state index in [1.54, 1.807) is 50.8 Å². The van der Waals surface area contributed by atoms with Crippen molar-refractivity contribution < 1.29 is 23.9 Å². The molecule has 2 heterocycles. The van der Waals surface area contributed by atoms with Crippen molar-refractivity contribution >= 4 is 57.0 Å². The Balaban J connectivity index is 1.90. The number of hydrazine groups is 1. The fourth-order valence-corrected chi connectivity index (χ4v) is 5.08. The first-order chi connectivity index (χ1) is 16.6. The number of rotatable bonds is 4. The van der Waals surface area contributed by atoms with Gasteiger partial charge in [-0.2, -0.15) is 10.0 Å². The van der Waals surface area contributed by atoms with Crippen LogP contribution in [0.1, 0.15) is 38.8 Å². The Labute approximate surface area is 217 Å². The lowest BCUT2D eigenvalue weighted by atomic mass is 10.0. The number of ether oxygens (including phenoxy) is 2. The van der Waals surface area contributed by atoms with Crippen molar-refractivity contribution in [3.8, 4) is 0 Å². The van der Waals surface area contributed by atoms with Crippen molar-refractivity contribution in [2.45, 2.75) is 52.1 Å². The topological polar surface area (TPSA) is 91.4 Å². The van der Waals surface area contributed by atoms with Crippen LogP contribution in [0.25, 0.3) is 0 Å². The average Bonchev–Trinajstić information content (AvgIpc) is 3.21. The van der Waals surface area contributed by atoms with Gasteiger partial charge in [0.2, 0.25) is 10.8 Å². The van der Waals surface area contributed by atoms with E-state index < -0.39 is 36.0 Å². The molecule has 0 radical (unpaired) electrons. The Hall–Kier alpha value is -3.18. The van der Waals surface area contributed by atoms with E-state index in [0.717, 1.165) is 15.6 Å². The molecular formula is C24H25BrN4O5S. The molecule has 2 aromatic rings. The van der Waals surface area contributed by atoms with Crippen molar-refractivity contribution in [1.29, 1.82) is 0 Å². The molecule has 4 rings (SSSR count). The van der Waals surface area contributed by atoms with Crippen molar-refractivity contribution in [3.05, 3.63) is 64.1 Å². The predicted molar refractivity (Wildman–Crippen MR) is 136 cm³/mol. The highest BCUT2D eigenvalue weighted by Gasteiger charge is 2.66. The van der Waals surface area contributed by atoms with Gasteiger partial charge in [-0.25, -0.2) is 9.59 Å². The number of amides is 3. The highest BCUT2D eigenvalue weighted by Crippen LogP contribution is 2.49. The lowest BCUT2D eigenvalue weighted by Crippen LogP contribution is -2.61. The summed E-state index contributed by atoms with van der Waals surface area (Å²) in [4.78, 5) is 42.3. The lowest BCUT2D eigenvalue weighted by Gasteiger charge is -2.35. The zero-order chi connectivity index (χ0) is 25.5. The molecule has 1 fully saturated rings. The maximum absolute atomic E-state index is 14.2. The van der Waals surface area contributed by atoms with E-state index in [9.17, 15) is 14.4 Å². The molecule has 2 aliphatic heterocycles. The predicted octanol–water partition coefficient (Wildman–Crippen LogP) is 4.65. The molecule has 35 heavy (non-hydrogen) atoms. The van der Waals surface area contributed by atoms with Crippen LogP contribution < -0.4 is 10.2 Å². The SMILES string of the molecule is CC(C)OC(=O)N1C(=S)NC2(C(=O)N(Cc3ccccc3)c3cccc(Br)c32)N1C(=O)OC(C)C. The summed E-state index contributed by atoms with van der Waals surface area (Å²) in [7, 11) is 0. The molecular weight excluding hydrogens is 536 g/mol. The Morgan fingerprint density at radius 2 is 1.63 bits per heavy atom. The minimum absolute atomic E-state index is 0.159. The molecule has 1 saturated heterocycles. The molecule has 1 N–H and O–H groups in total. The Morgan fingerprint density at radius 1 is 1.00 bits per heavy atom. The monoisotopic (exact) mass is 560 g/mol. The minimum Gasteiger partial charge on any atom is -0.445 e. The van der Waals surface area contributed by atoms with Crippen LogP contribution >= 0.6 is 28.1 Å². The number of anilines is 1. The van der Waals surface area contributed by atoms with Gasteiger partial charge >= 0.3 is 12.2 Å². The number of halogens is 1. The van der Waals surface area contributed by atoms with Crippen molar-refractivity contribution in [2.75, 3.05) is 4.90 Å². The van der Waals surface area contributed by atoms with Gasteiger partial charge in [-0.15, -0.1) is 0 Å². The van der Waals surface area contributed by atoms with Gasteiger partial charge < -0.3 is 19.7 Å². The van der Waals surface area contributed by atoms with Crippen molar-refractivity contribution in [1.82, 2.24) is 15.3 Å². The molecule has 184 valence electrons. The summed E-state index contributed by atoms with van der Waals surface area (Å²) in [5.74, 6) is -0.494. The van der Waals surface area contributed by atoms with Crippen LogP contribution in [0.4, 0.5) is 15.3 Å². The zero-order valence-corrected chi connectivity index (χ0v) is 22.1. The Morgan fingerprint density at radius 3 is 2.26 bits per heavy atom. The molecule has 1 unspecified atom stereocenters. The van der Waals surface area contributed by atoms with Crippen LogP contribution in [-0.2, 0) is 26.5 Å². The van der Waals surface area contributed by atoms with E-state index >= 15 is 0 Å². The standard InChI is InChI=1S/C24H25BrN4O5S/c1-14(2)33-22(31)28-21(35)26-24(29(28)23(32)34-15(3)4)19-17(25)11-8-12-18(19)27(20(24)30)13-16-9-6-5-7-10-16/h5-12,14-15H,13H2,1-4H3,(H,26,35). The van der Waals surface area contributed by atoms with E-state index in [1.165, 1.54) is 0 Å². The van der Waals surface area contributed by atoms with Gasteiger partial charge in [0, 0.05) is 10.0 Å². The molecule has 1 atom stereocenters. The second-order valence-electron chi connectivity index (χ2n) is 8.64. The van der Waals surface area contributed by atoms with Gasteiger partial charge in [-0.1, -0.05) is 52.3 Å². The van der Waals surface area contributed by atoms with Gasteiger partial charge in [-0.05, 0) is 57.6 Å². The van der Waals surface area contributed by atoms with E-state index in [4.69, 9.17) is 21.7 Å². The third-order valence-corrected chi connectivity index (χ3v) is 6.34. The smallest absolute Gasteiger partial charge is 0.436 e. The molecule has 3 amide bonds. The number of nitrogens with zero attached hydrogens (tertiary/aromatic N) is 3. The van der Waals surface area contributed by atoms with Crippen LogP contribution in [0.2, 0.25) is 0 Å². The van der Waals surface area contributed by atoms with Crippen molar-refractivity contribution in [2.24, 2.45) is 0 Å². The van der Waals surface area contributed by atoms with Crippen LogP contribution in [-0.4, -0.2) is 45.4 Å². The van der Waals surface area contributed by atoms with E-state index in [-0.39, 0.29) is 11.7 Å². The molecule has 0 bridgehead atoms. The van der Waals surface area contributed by atoms with Crippen LogP contribution in [0.5, 0.6) is 0 Å². The lowest BCUT2D eigenvalue weighted by molar-refractivity contribution is -0.134. The van der Waals surface area contributed by atoms with Crippen LogP contribution in [0.3, 0.4) is 0 Å². The summed E-state index contributed by atoms with van der Waals surface area (Å²) >= 11 is 9.00. The number of carbonyl (C=O) groups excluding carboxylic acids is 3. The minimum atomic E-state index is -1.86. The van der Waals surface area contributed by atoms with Gasteiger partial charge in [0.15, 0.2) is 0 Å². The fourth-order valence-electron chi connectivity index (χ4n) is 4.13. The average molecular weight is 561 g/mol. The van der Waals surface area contributed by atoms with Gasteiger partial charge in [0.05, 0.1) is 24.4 Å². The molecule has 11 heteroatoms. The first-order valence-electron chi connectivity index (χ1n) is 11.1. The summed E-state index contributed by atoms with van der Waals surface area (Å²) in [6, 6.07) is 14.8. The molecule has 0 saturated carbocycles. The van der Waals surface area contributed by atoms with Gasteiger partial charge in [0.25, 0.3) is 5.91 Å². The van der Waals surface area contributed by atoms with E-state index in [0.29, 0.717) is 15.7 Å². The summed E-state index contributed by atoms with van der Waals surface area (Å²) in [5, 5.41) is 4.58. The number of hydrogen-bond donors (Lipinski definition) is 1. The number of nitrogens with one attached hydrogen (secondary N) is 1. The number of fused-ring (bicyclic) bond motifs is 2. The first-order valence-corrected chi connectivity index (χ1v) is 12.3. The first kappa shape index (κ1) is 24.9. The van der Waals surface area contributed by atoms with Crippen LogP contribution in [0.15, 0.2) is 53.0 Å². The Bertz CT molecular complexity index is 1190. The number of carbonyl (C=O) groups is 3. The zero-order valence-electron chi connectivity index (χ0n) is 19.6. The fraction of sp³-hybridized carbons (Fsp3) is 0.333. The number of hydrogen-bond acceptors (Lipinski definition) is 6. The van der Waals surface area contributed by atoms with Gasteiger partial charge in [-0.3, -0.25) is 4.79 Å². The van der Waals surface area contributed by atoms with E-state index in [1.807, 2.05) is 30.3 Å². The quantitative estimate of drug-likeness (QED) is 0.544. The highest BCUT2D eigenvalue weighted by molar-refractivity contribution is 9.10. The number of thiocarbonyl (C=S) groups is 1. The molecule has 0 aliphatic carbocycles. The summed E-state index contributed by atoms with van der Waals surface area (Å²) in [6.07, 6.45) is -2.84. The third kappa shape index (κ3) is 4.23. The largest absolute Gasteiger partial charge is 0.445 e. The maximum Gasteiger partial charge on any atom is 0.436 e. The second-order valence-corrected chi connectivity index (χ2v) is 9.88. The van der Waals surface area contributed by atoms with Crippen LogP contribution in [0, 0.1) is 0 Å². The number of benzene rings is 2. The molecule has 1 spiro atoms. The summed E-state index contributed by atoms with van der Waals surface area (Å²) in [6.45, 7) is 6.93. The summed E-state index contributed by atoms with van der Waals surface area (Å²) < 4.78 is 11.4. The van der Waals surface area contributed by atoms with Crippen molar-refractivity contribution in [3.63, 3.8) is 0 Å². The summed E-state index contributed by atoms with van der Waals surface area (Å²) in [5.41, 5.74) is 0.0223. The second kappa shape index (κ2) is 9.46. The molecule has 9 nitrogen and oxygen atoms in total. The normalized spacial score (nSPS) is 19.0. The maximum atomic E-state index is 14.2. The van der Waals surface area contributed by atoms with E-state index in [2.05, 4.69) is 21.2 Å². The Kier molecular flexibility index (Phi) is 6.74.